The Labute approximate surface area is 88.6 Å². The Hall–Kier alpha value is -1.45. The van der Waals surface area contributed by atoms with Crippen LogP contribution in [-0.2, 0) is 0 Å². The summed E-state index contributed by atoms with van der Waals surface area (Å²) in [6.45, 7) is 1.67. The third kappa shape index (κ3) is 1.98. The summed E-state index contributed by atoms with van der Waals surface area (Å²) in [7, 11) is 0. The molecule has 0 radical (unpaired) electrons. The van der Waals surface area contributed by atoms with E-state index in [1.165, 1.54) is 0 Å². The number of rotatable bonds is 2. The second-order valence-corrected chi connectivity index (χ2v) is 3.70. The second kappa shape index (κ2) is 3.96. The summed E-state index contributed by atoms with van der Waals surface area (Å²) < 4.78 is 0. The van der Waals surface area contributed by atoms with Crippen molar-refractivity contribution in [1.29, 1.82) is 0 Å². The number of aromatic nitrogens is 1. The van der Waals surface area contributed by atoms with E-state index >= 15 is 0 Å². The zero-order valence-electron chi connectivity index (χ0n) is 8.59. The number of para-hydroxylation sites is 1. The number of aliphatic hydroxyl groups excluding tert-OH is 1. The molecule has 1 aromatic carbocycles. The zero-order valence-corrected chi connectivity index (χ0v) is 8.59. The Morgan fingerprint density at radius 3 is 2.67 bits per heavy atom. The summed E-state index contributed by atoms with van der Waals surface area (Å²) in [6, 6.07) is 11.3. The first-order valence-electron chi connectivity index (χ1n) is 4.98. The molecule has 0 amide bonds. The van der Waals surface area contributed by atoms with Crippen LogP contribution in [0, 0.1) is 0 Å². The lowest BCUT2D eigenvalue weighted by Gasteiger charge is -2.14. The number of nitrogens with zero attached hydrogens (tertiary/aromatic N) is 1. The predicted octanol–water partition coefficient (Wildman–Crippen LogP) is 1.62. The average molecular weight is 202 g/mol. The van der Waals surface area contributed by atoms with Gasteiger partial charge in [0.2, 0.25) is 0 Å². The standard InChI is InChI=1S/C12H14N2O/c1-8(15)12(13)11-7-6-9-4-2-3-5-10(9)14-11/h2-8,12,15H,13H2,1H3. The van der Waals surface area contributed by atoms with Crippen molar-refractivity contribution in [2.45, 2.75) is 19.1 Å². The zero-order chi connectivity index (χ0) is 10.8. The first-order valence-corrected chi connectivity index (χ1v) is 4.98. The van der Waals surface area contributed by atoms with Crippen LogP contribution >= 0.6 is 0 Å². The summed E-state index contributed by atoms with van der Waals surface area (Å²) in [5, 5.41) is 10.5. The smallest absolute Gasteiger partial charge is 0.0731 e. The highest BCUT2D eigenvalue weighted by Gasteiger charge is 2.13. The number of pyridine rings is 1. The number of hydrogen-bond donors (Lipinski definition) is 2. The Morgan fingerprint density at radius 1 is 1.20 bits per heavy atom. The minimum Gasteiger partial charge on any atom is -0.391 e. The Balaban J connectivity index is 2.47. The molecule has 2 aromatic rings. The lowest BCUT2D eigenvalue weighted by molar-refractivity contribution is 0.162. The molecule has 2 rings (SSSR count). The molecule has 0 bridgehead atoms. The van der Waals surface area contributed by atoms with E-state index in [1.807, 2.05) is 36.4 Å². The Bertz CT molecular complexity index is 468. The van der Waals surface area contributed by atoms with Gasteiger partial charge in [0.15, 0.2) is 0 Å². The van der Waals surface area contributed by atoms with Gasteiger partial charge in [0.05, 0.1) is 23.4 Å². The monoisotopic (exact) mass is 202 g/mol. The molecule has 0 spiro atoms. The fourth-order valence-corrected chi connectivity index (χ4v) is 1.51. The average Bonchev–Trinajstić information content (AvgIpc) is 2.27. The van der Waals surface area contributed by atoms with Crippen molar-refractivity contribution in [3.05, 3.63) is 42.1 Å². The molecule has 3 nitrogen and oxygen atoms in total. The molecule has 3 heteroatoms. The quantitative estimate of drug-likeness (QED) is 0.778. The maximum absolute atomic E-state index is 9.38. The van der Waals surface area contributed by atoms with Crippen molar-refractivity contribution >= 4 is 10.9 Å². The minimum atomic E-state index is -0.585. The summed E-state index contributed by atoms with van der Waals surface area (Å²) in [4.78, 5) is 4.41. The summed E-state index contributed by atoms with van der Waals surface area (Å²) >= 11 is 0. The maximum atomic E-state index is 9.38. The van der Waals surface area contributed by atoms with E-state index in [-0.39, 0.29) is 0 Å². The van der Waals surface area contributed by atoms with Gasteiger partial charge >= 0.3 is 0 Å². The Kier molecular flexibility index (Phi) is 2.66. The van der Waals surface area contributed by atoms with Gasteiger partial charge in [-0.25, -0.2) is 0 Å². The third-order valence-electron chi connectivity index (χ3n) is 2.48. The molecule has 1 heterocycles. The van der Waals surface area contributed by atoms with E-state index in [0.717, 1.165) is 16.6 Å². The highest BCUT2D eigenvalue weighted by atomic mass is 16.3. The molecule has 3 N–H and O–H groups in total. The maximum Gasteiger partial charge on any atom is 0.0731 e. The van der Waals surface area contributed by atoms with Crippen molar-refractivity contribution in [2.24, 2.45) is 5.73 Å². The fourth-order valence-electron chi connectivity index (χ4n) is 1.51. The van der Waals surface area contributed by atoms with E-state index in [4.69, 9.17) is 5.73 Å². The van der Waals surface area contributed by atoms with E-state index in [9.17, 15) is 5.11 Å². The van der Waals surface area contributed by atoms with Crippen molar-refractivity contribution in [3.8, 4) is 0 Å². The highest BCUT2D eigenvalue weighted by Crippen LogP contribution is 2.17. The van der Waals surface area contributed by atoms with Crippen LogP contribution in [0.2, 0.25) is 0 Å². The second-order valence-electron chi connectivity index (χ2n) is 3.70. The van der Waals surface area contributed by atoms with Crippen LogP contribution in [0.3, 0.4) is 0 Å². The van der Waals surface area contributed by atoms with Crippen molar-refractivity contribution < 1.29 is 5.11 Å². The summed E-state index contributed by atoms with van der Waals surface area (Å²) in [5.74, 6) is 0. The highest BCUT2D eigenvalue weighted by molar-refractivity contribution is 5.78. The normalized spacial score (nSPS) is 15.1. The van der Waals surface area contributed by atoms with Crippen LogP contribution in [-0.4, -0.2) is 16.2 Å². The SMILES string of the molecule is CC(O)C(N)c1ccc2ccccc2n1. The van der Waals surface area contributed by atoms with Crippen LogP contribution in [0.5, 0.6) is 0 Å². The van der Waals surface area contributed by atoms with E-state index < -0.39 is 12.1 Å². The van der Waals surface area contributed by atoms with E-state index in [0.29, 0.717) is 0 Å². The van der Waals surface area contributed by atoms with Crippen molar-refractivity contribution in [1.82, 2.24) is 4.98 Å². The van der Waals surface area contributed by atoms with Crippen LogP contribution in [0.1, 0.15) is 18.7 Å². The van der Waals surface area contributed by atoms with Crippen molar-refractivity contribution in [2.75, 3.05) is 0 Å². The number of aliphatic hydroxyl groups is 1. The predicted molar refractivity (Wildman–Crippen MR) is 60.4 cm³/mol. The molecule has 2 unspecified atom stereocenters. The number of hydrogen-bond acceptors (Lipinski definition) is 3. The molecular formula is C12H14N2O. The topological polar surface area (TPSA) is 59.1 Å². The van der Waals surface area contributed by atoms with Gasteiger partial charge in [0, 0.05) is 5.39 Å². The molecule has 0 saturated carbocycles. The van der Waals surface area contributed by atoms with Gasteiger partial charge in [-0.3, -0.25) is 4.98 Å². The van der Waals surface area contributed by atoms with Crippen LogP contribution in [0.25, 0.3) is 10.9 Å². The number of benzene rings is 1. The van der Waals surface area contributed by atoms with Crippen molar-refractivity contribution in [3.63, 3.8) is 0 Å². The minimum absolute atomic E-state index is 0.422. The van der Waals surface area contributed by atoms with Crippen LogP contribution in [0.4, 0.5) is 0 Å². The number of fused-ring (bicyclic) bond motifs is 1. The molecule has 0 aliphatic rings. The first kappa shape index (κ1) is 10.1. The molecule has 0 fully saturated rings. The third-order valence-corrected chi connectivity index (χ3v) is 2.48. The number of nitrogens with two attached hydrogens (primary N) is 1. The summed E-state index contributed by atoms with van der Waals surface area (Å²) in [5.41, 5.74) is 7.45. The molecular weight excluding hydrogens is 188 g/mol. The molecule has 1 aromatic heterocycles. The van der Waals surface area contributed by atoms with Gasteiger partial charge in [-0.05, 0) is 19.1 Å². The summed E-state index contributed by atoms with van der Waals surface area (Å²) in [6.07, 6.45) is -0.585. The largest absolute Gasteiger partial charge is 0.391 e. The lowest BCUT2D eigenvalue weighted by atomic mass is 10.1. The molecule has 15 heavy (non-hydrogen) atoms. The molecule has 0 saturated heterocycles. The van der Waals surface area contributed by atoms with Crippen LogP contribution in [0.15, 0.2) is 36.4 Å². The van der Waals surface area contributed by atoms with Gasteiger partial charge in [0.1, 0.15) is 0 Å². The fraction of sp³-hybridized carbons (Fsp3) is 0.250. The van der Waals surface area contributed by atoms with Crippen LogP contribution < -0.4 is 5.73 Å². The van der Waals surface area contributed by atoms with E-state index in [2.05, 4.69) is 4.98 Å². The molecule has 2 atom stereocenters. The van der Waals surface area contributed by atoms with Gasteiger partial charge in [0.25, 0.3) is 0 Å². The molecule has 0 aliphatic heterocycles. The van der Waals surface area contributed by atoms with Gasteiger partial charge in [-0.2, -0.15) is 0 Å². The van der Waals surface area contributed by atoms with Gasteiger partial charge in [-0.1, -0.05) is 24.3 Å². The Morgan fingerprint density at radius 2 is 1.93 bits per heavy atom. The van der Waals surface area contributed by atoms with Gasteiger partial charge in [-0.15, -0.1) is 0 Å². The van der Waals surface area contributed by atoms with E-state index in [1.54, 1.807) is 6.92 Å². The molecule has 0 aliphatic carbocycles. The lowest BCUT2D eigenvalue weighted by Crippen LogP contribution is -2.24. The van der Waals surface area contributed by atoms with Gasteiger partial charge < -0.3 is 10.8 Å². The molecule has 78 valence electrons. The first-order chi connectivity index (χ1) is 7.18.